The van der Waals surface area contributed by atoms with Crippen molar-refractivity contribution < 1.29 is 9.53 Å². The minimum Gasteiger partial charge on any atom is -0.464 e. The van der Waals surface area contributed by atoms with E-state index >= 15 is 0 Å². The van der Waals surface area contributed by atoms with Gasteiger partial charge in [-0.1, -0.05) is 54.6 Å². The molecule has 0 radical (unpaired) electrons. The second-order valence-electron chi connectivity index (χ2n) is 6.45. The fraction of sp³-hybridized carbons (Fsp3) is 0.130. The van der Waals surface area contributed by atoms with Crippen LogP contribution in [0.3, 0.4) is 0 Å². The average Bonchev–Trinajstić information content (AvgIpc) is 3.02. The quantitative estimate of drug-likeness (QED) is 0.496. The number of fused-ring (bicyclic) bond motifs is 1. The topological polar surface area (TPSA) is 44.1 Å². The Labute approximate surface area is 158 Å². The molecule has 0 aliphatic carbocycles. The number of aromatic nitrogens is 2. The van der Waals surface area contributed by atoms with E-state index in [0.29, 0.717) is 18.7 Å². The van der Waals surface area contributed by atoms with Crippen LogP contribution in [0, 0.1) is 0 Å². The van der Waals surface area contributed by atoms with Crippen molar-refractivity contribution in [3.8, 4) is 0 Å². The Hall–Kier alpha value is -3.40. The van der Waals surface area contributed by atoms with E-state index in [1.54, 1.807) is 6.20 Å². The summed E-state index contributed by atoms with van der Waals surface area (Å²) in [4.78, 5) is 17.0. The summed E-state index contributed by atoms with van der Waals surface area (Å²) in [5, 5.41) is 1.07. The zero-order chi connectivity index (χ0) is 18.6. The van der Waals surface area contributed by atoms with Gasteiger partial charge in [-0.3, -0.25) is 4.98 Å². The summed E-state index contributed by atoms with van der Waals surface area (Å²) in [6.07, 6.45) is 4.22. The first-order valence-electron chi connectivity index (χ1n) is 8.89. The van der Waals surface area contributed by atoms with Gasteiger partial charge in [0, 0.05) is 36.3 Å². The summed E-state index contributed by atoms with van der Waals surface area (Å²) in [6, 6.07) is 22.2. The van der Waals surface area contributed by atoms with Crippen LogP contribution in [0.15, 0.2) is 79.1 Å². The molecule has 0 amide bonds. The number of esters is 1. The number of ether oxygens (including phenoxy) is 1. The molecule has 4 nitrogen and oxygen atoms in total. The average molecular weight is 356 g/mol. The van der Waals surface area contributed by atoms with Crippen LogP contribution >= 0.6 is 0 Å². The first-order valence-corrected chi connectivity index (χ1v) is 8.89. The largest absolute Gasteiger partial charge is 0.464 e. The molecule has 0 aliphatic rings. The van der Waals surface area contributed by atoms with Gasteiger partial charge < -0.3 is 9.30 Å². The van der Waals surface area contributed by atoms with Crippen molar-refractivity contribution >= 4 is 16.9 Å². The van der Waals surface area contributed by atoms with E-state index in [1.807, 2.05) is 48.7 Å². The highest BCUT2D eigenvalue weighted by Gasteiger charge is 2.23. The standard InChI is InChI=1S/C23H20N2O2/c1-27-23(26)22-20(14-18-10-7-13-24-15-18)19-11-5-6-12-21(19)25(22)16-17-8-3-2-4-9-17/h2-13,15H,14,16H2,1H3. The number of methoxy groups -OCH3 is 1. The molecule has 0 saturated carbocycles. The maximum absolute atomic E-state index is 12.7. The van der Waals surface area contributed by atoms with Gasteiger partial charge >= 0.3 is 5.97 Å². The Bertz CT molecular complexity index is 991. The summed E-state index contributed by atoms with van der Waals surface area (Å²) < 4.78 is 7.20. The molecule has 0 atom stereocenters. The van der Waals surface area contributed by atoms with Crippen molar-refractivity contribution in [3.05, 3.63) is 102 Å². The molecule has 0 aliphatic heterocycles. The molecule has 0 unspecified atom stereocenters. The Balaban J connectivity index is 1.92. The number of nitrogens with zero attached hydrogens (tertiary/aromatic N) is 2. The Kier molecular flexibility index (Phi) is 4.71. The number of hydrogen-bond acceptors (Lipinski definition) is 3. The molecule has 4 heteroatoms. The minimum atomic E-state index is -0.318. The first-order chi connectivity index (χ1) is 13.3. The first kappa shape index (κ1) is 17.0. The van der Waals surface area contributed by atoms with E-state index in [2.05, 4.69) is 33.8 Å². The van der Waals surface area contributed by atoms with Crippen LogP contribution in [-0.4, -0.2) is 22.6 Å². The molecule has 0 bridgehead atoms. The van der Waals surface area contributed by atoms with E-state index in [-0.39, 0.29) is 5.97 Å². The summed E-state index contributed by atoms with van der Waals surface area (Å²) in [5.41, 5.74) is 4.80. The minimum absolute atomic E-state index is 0.318. The number of benzene rings is 2. The predicted molar refractivity (Wildman–Crippen MR) is 106 cm³/mol. The van der Waals surface area contributed by atoms with Crippen LogP contribution in [0.2, 0.25) is 0 Å². The lowest BCUT2D eigenvalue weighted by Gasteiger charge is -2.11. The molecular formula is C23H20N2O2. The molecule has 0 N–H and O–H groups in total. The Morgan fingerprint density at radius 1 is 0.963 bits per heavy atom. The van der Waals surface area contributed by atoms with Gasteiger partial charge in [-0.2, -0.15) is 0 Å². The zero-order valence-corrected chi connectivity index (χ0v) is 15.1. The van der Waals surface area contributed by atoms with Gasteiger partial charge in [0.05, 0.1) is 7.11 Å². The van der Waals surface area contributed by atoms with E-state index < -0.39 is 0 Å². The molecular weight excluding hydrogens is 336 g/mol. The van der Waals surface area contributed by atoms with Crippen LogP contribution in [-0.2, 0) is 17.7 Å². The number of carbonyl (C=O) groups is 1. The smallest absolute Gasteiger partial charge is 0.355 e. The van der Waals surface area contributed by atoms with E-state index in [9.17, 15) is 4.79 Å². The summed E-state index contributed by atoms with van der Waals surface area (Å²) in [6.45, 7) is 0.610. The van der Waals surface area contributed by atoms with Gasteiger partial charge in [-0.05, 0) is 28.8 Å². The van der Waals surface area contributed by atoms with E-state index in [1.165, 1.54) is 7.11 Å². The highest BCUT2D eigenvalue weighted by Crippen LogP contribution is 2.30. The fourth-order valence-electron chi connectivity index (χ4n) is 3.52. The molecule has 4 rings (SSSR count). The molecule has 4 aromatic rings. The SMILES string of the molecule is COC(=O)c1c(Cc2cccnc2)c2ccccc2n1Cc1ccccc1. The number of rotatable bonds is 5. The van der Waals surface area contributed by atoms with Crippen LogP contribution in [0.5, 0.6) is 0 Å². The van der Waals surface area contributed by atoms with Gasteiger partial charge in [-0.25, -0.2) is 4.79 Å². The van der Waals surface area contributed by atoms with Crippen LogP contribution < -0.4 is 0 Å². The highest BCUT2D eigenvalue weighted by molar-refractivity contribution is 5.99. The van der Waals surface area contributed by atoms with Crippen molar-refractivity contribution in [1.29, 1.82) is 0 Å². The molecule has 2 aromatic carbocycles. The fourth-order valence-corrected chi connectivity index (χ4v) is 3.52. The Morgan fingerprint density at radius 2 is 1.70 bits per heavy atom. The van der Waals surface area contributed by atoms with E-state index in [4.69, 9.17) is 4.74 Å². The maximum atomic E-state index is 12.7. The Morgan fingerprint density at radius 3 is 2.44 bits per heavy atom. The van der Waals surface area contributed by atoms with Crippen molar-refractivity contribution in [2.75, 3.05) is 7.11 Å². The second kappa shape index (κ2) is 7.46. The van der Waals surface area contributed by atoms with Gasteiger partial charge in [-0.15, -0.1) is 0 Å². The third kappa shape index (κ3) is 3.34. The lowest BCUT2D eigenvalue weighted by molar-refractivity contribution is 0.0588. The summed E-state index contributed by atoms with van der Waals surface area (Å²) >= 11 is 0. The monoisotopic (exact) mass is 356 g/mol. The molecule has 0 spiro atoms. The van der Waals surface area contributed by atoms with Crippen LogP contribution in [0.25, 0.3) is 10.9 Å². The molecule has 2 aromatic heterocycles. The number of para-hydroxylation sites is 1. The molecule has 134 valence electrons. The van der Waals surface area contributed by atoms with Gasteiger partial charge in [0.15, 0.2) is 0 Å². The van der Waals surface area contributed by atoms with Crippen LogP contribution in [0.1, 0.15) is 27.2 Å². The number of pyridine rings is 1. The summed E-state index contributed by atoms with van der Waals surface area (Å²) in [5.74, 6) is -0.318. The molecule has 0 fully saturated rings. The third-order valence-electron chi connectivity index (χ3n) is 4.74. The maximum Gasteiger partial charge on any atom is 0.355 e. The van der Waals surface area contributed by atoms with Gasteiger partial charge in [0.25, 0.3) is 0 Å². The van der Waals surface area contributed by atoms with Crippen molar-refractivity contribution in [2.45, 2.75) is 13.0 Å². The number of hydrogen-bond donors (Lipinski definition) is 0. The van der Waals surface area contributed by atoms with Gasteiger partial charge in [0.1, 0.15) is 5.69 Å². The normalized spacial score (nSPS) is 10.9. The van der Waals surface area contributed by atoms with Gasteiger partial charge in [0.2, 0.25) is 0 Å². The van der Waals surface area contributed by atoms with E-state index in [0.717, 1.165) is 27.6 Å². The predicted octanol–water partition coefficient (Wildman–Crippen LogP) is 4.46. The number of carbonyl (C=O) groups excluding carboxylic acids is 1. The van der Waals surface area contributed by atoms with Crippen LogP contribution in [0.4, 0.5) is 0 Å². The molecule has 0 saturated heterocycles. The third-order valence-corrected chi connectivity index (χ3v) is 4.74. The van der Waals surface area contributed by atoms with Crippen molar-refractivity contribution in [3.63, 3.8) is 0 Å². The lowest BCUT2D eigenvalue weighted by Crippen LogP contribution is -2.13. The lowest BCUT2D eigenvalue weighted by atomic mass is 10.0. The molecule has 2 heterocycles. The second-order valence-corrected chi connectivity index (χ2v) is 6.45. The highest BCUT2D eigenvalue weighted by atomic mass is 16.5. The molecule has 27 heavy (non-hydrogen) atoms. The summed E-state index contributed by atoms with van der Waals surface area (Å²) in [7, 11) is 1.43. The van der Waals surface area contributed by atoms with Crippen molar-refractivity contribution in [1.82, 2.24) is 9.55 Å². The van der Waals surface area contributed by atoms with Crippen molar-refractivity contribution in [2.24, 2.45) is 0 Å². The zero-order valence-electron chi connectivity index (χ0n) is 15.1.